The third kappa shape index (κ3) is 2.19. The summed E-state index contributed by atoms with van der Waals surface area (Å²) in [6.45, 7) is 0. The number of nitrogens with zero attached hydrogens (tertiary/aromatic N) is 2. The summed E-state index contributed by atoms with van der Waals surface area (Å²) in [6, 6.07) is 13.7. The molecule has 1 heterocycles. The van der Waals surface area contributed by atoms with Crippen LogP contribution in [-0.4, -0.2) is 16.7 Å². The molecule has 122 valence electrons. The molecule has 0 bridgehead atoms. The van der Waals surface area contributed by atoms with Crippen molar-refractivity contribution in [2.45, 2.75) is 0 Å². The van der Waals surface area contributed by atoms with Gasteiger partial charge in [-0.2, -0.15) is 0 Å². The Hall–Kier alpha value is -3.25. The third-order valence-electron chi connectivity index (χ3n) is 4.15. The van der Waals surface area contributed by atoms with E-state index in [2.05, 4.69) is 0 Å². The molecule has 0 radical (unpaired) electrons. The first kappa shape index (κ1) is 15.3. The summed E-state index contributed by atoms with van der Waals surface area (Å²) in [5.41, 5.74) is 0.701. The molecule has 1 aliphatic rings. The van der Waals surface area contributed by atoms with E-state index in [1.807, 2.05) is 0 Å². The lowest BCUT2D eigenvalue weighted by Gasteiger charge is -2.27. The number of nitro benzene ring substituents is 1. The van der Waals surface area contributed by atoms with Gasteiger partial charge in [-0.1, -0.05) is 23.7 Å². The van der Waals surface area contributed by atoms with E-state index >= 15 is 0 Å². The largest absolute Gasteiger partial charge is 0.277 e. The molecular formula is C18H9ClN2O4. The summed E-state index contributed by atoms with van der Waals surface area (Å²) in [7, 11) is 0. The Labute approximate surface area is 146 Å². The Morgan fingerprint density at radius 2 is 1.60 bits per heavy atom. The highest BCUT2D eigenvalue weighted by molar-refractivity contribution is 6.37. The smallest absolute Gasteiger partial charge is 0.268 e. The van der Waals surface area contributed by atoms with Gasteiger partial charge < -0.3 is 0 Å². The number of rotatable bonds is 2. The van der Waals surface area contributed by atoms with Crippen molar-refractivity contribution in [2.24, 2.45) is 0 Å². The minimum atomic E-state index is -0.536. The fourth-order valence-electron chi connectivity index (χ4n) is 3.09. The van der Waals surface area contributed by atoms with Gasteiger partial charge in [0.15, 0.2) is 0 Å². The molecule has 3 aromatic carbocycles. The fraction of sp³-hybridized carbons (Fsp3) is 0. The SMILES string of the molecule is O=C1c2cccc3c([N+](=O)[O-])ccc(c23)C(=O)N1c1cccc(Cl)c1. The van der Waals surface area contributed by atoms with Gasteiger partial charge in [0.1, 0.15) is 0 Å². The van der Waals surface area contributed by atoms with E-state index in [0.717, 1.165) is 4.90 Å². The van der Waals surface area contributed by atoms with Gasteiger partial charge in [0.05, 0.1) is 16.0 Å². The van der Waals surface area contributed by atoms with Gasteiger partial charge in [0.25, 0.3) is 17.5 Å². The molecule has 0 saturated carbocycles. The number of carbonyl (C=O) groups excluding carboxylic acids is 2. The van der Waals surface area contributed by atoms with Crippen LogP contribution in [0.4, 0.5) is 11.4 Å². The van der Waals surface area contributed by atoms with E-state index in [4.69, 9.17) is 11.6 Å². The number of anilines is 1. The van der Waals surface area contributed by atoms with E-state index in [0.29, 0.717) is 16.1 Å². The molecule has 1 aliphatic heterocycles. The van der Waals surface area contributed by atoms with Crippen LogP contribution in [0.3, 0.4) is 0 Å². The average Bonchev–Trinajstić information content (AvgIpc) is 2.59. The zero-order chi connectivity index (χ0) is 17.7. The molecule has 0 unspecified atom stereocenters. The minimum absolute atomic E-state index is 0.141. The van der Waals surface area contributed by atoms with Crippen molar-refractivity contribution >= 4 is 45.6 Å². The highest BCUT2D eigenvalue weighted by Gasteiger charge is 2.35. The van der Waals surface area contributed by atoms with Gasteiger partial charge in [-0.3, -0.25) is 19.7 Å². The normalized spacial score (nSPS) is 13.4. The zero-order valence-electron chi connectivity index (χ0n) is 12.6. The summed E-state index contributed by atoms with van der Waals surface area (Å²) >= 11 is 5.97. The molecule has 0 aromatic heterocycles. The van der Waals surface area contributed by atoms with Crippen LogP contribution < -0.4 is 4.90 Å². The molecule has 4 rings (SSSR count). The van der Waals surface area contributed by atoms with Crippen molar-refractivity contribution in [1.82, 2.24) is 0 Å². The lowest BCUT2D eigenvalue weighted by atomic mass is 9.93. The number of halogens is 1. The summed E-state index contributed by atoms with van der Waals surface area (Å²) in [6.07, 6.45) is 0. The van der Waals surface area contributed by atoms with Crippen molar-refractivity contribution in [1.29, 1.82) is 0 Å². The molecule has 2 amide bonds. The molecular weight excluding hydrogens is 344 g/mol. The quantitative estimate of drug-likeness (QED) is 0.393. The van der Waals surface area contributed by atoms with Crippen molar-refractivity contribution in [3.63, 3.8) is 0 Å². The third-order valence-corrected chi connectivity index (χ3v) is 4.38. The molecule has 0 aliphatic carbocycles. The lowest BCUT2D eigenvalue weighted by molar-refractivity contribution is -0.383. The summed E-state index contributed by atoms with van der Waals surface area (Å²) in [5, 5.41) is 12.2. The van der Waals surface area contributed by atoms with Crippen molar-refractivity contribution < 1.29 is 14.5 Å². The number of imide groups is 1. The van der Waals surface area contributed by atoms with Crippen molar-refractivity contribution in [3.05, 3.63) is 80.9 Å². The minimum Gasteiger partial charge on any atom is -0.268 e. The van der Waals surface area contributed by atoms with Crippen LogP contribution in [0.1, 0.15) is 20.7 Å². The molecule has 6 nitrogen and oxygen atoms in total. The Balaban J connectivity index is 2.01. The molecule has 7 heteroatoms. The molecule has 0 fully saturated rings. The maximum Gasteiger partial charge on any atom is 0.277 e. The first-order chi connectivity index (χ1) is 12.0. The van der Waals surface area contributed by atoms with Gasteiger partial charge in [0, 0.05) is 27.6 Å². The molecule has 25 heavy (non-hydrogen) atoms. The standard InChI is InChI=1S/C18H9ClN2O4/c19-10-3-1-4-11(9-10)20-17(22)13-6-2-5-12-15(21(24)25)8-7-14(16(12)13)18(20)23/h1-9H. The fourth-order valence-corrected chi connectivity index (χ4v) is 3.27. The zero-order valence-corrected chi connectivity index (χ0v) is 13.4. The number of nitro groups is 1. The van der Waals surface area contributed by atoms with E-state index in [1.165, 1.54) is 24.3 Å². The van der Waals surface area contributed by atoms with Crippen LogP contribution in [0.15, 0.2) is 54.6 Å². The molecule has 0 atom stereocenters. The average molecular weight is 353 g/mol. The molecule has 0 saturated heterocycles. The first-order valence-corrected chi connectivity index (χ1v) is 7.71. The van der Waals surface area contributed by atoms with E-state index in [-0.39, 0.29) is 22.2 Å². The number of non-ortho nitro benzene ring substituents is 1. The van der Waals surface area contributed by atoms with Gasteiger partial charge in [0.2, 0.25) is 0 Å². The van der Waals surface area contributed by atoms with Crippen molar-refractivity contribution in [2.75, 3.05) is 4.90 Å². The highest BCUT2D eigenvalue weighted by atomic mass is 35.5. The highest BCUT2D eigenvalue weighted by Crippen LogP contribution is 2.37. The lowest BCUT2D eigenvalue weighted by Crippen LogP contribution is -2.40. The topological polar surface area (TPSA) is 80.5 Å². The monoisotopic (exact) mass is 352 g/mol. The number of benzene rings is 3. The maximum atomic E-state index is 12.9. The molecule has 3 aromatic rings. The Morgan fingerprint density at radius 3 is 2.28 bits per heavy atom. The summed E-state index contributed by atoms with van der Waals surface area (Å²) < 4.78 is 0. The van der Waals surface area contributed by atoms with Gasteiger partial charge >= 0.3 is 0 Å². The van der Waals surface area contributed by atoms with Crippen molar-refractivity contribution in [3.8, 4) is 0 Å². The van der Waals surface area contributed by atoms with E-state index < -0.39 is 16.7 Å². The Bertz CT molecular complexity index is 1070. The first-order valence-electron chi connectivity index (χ1n) is 7.33. The Morgan fingerprint density at radius 1 is 0.920 bits per heavy atom. The maximum absolute atomic E-state index is 12.9. The Kier molecular flexibility index (Phi) is 3.30. The van der Waals surface area contributed by atoms with Crippen LogP contribution in [0.2, 0.25) is 5.02 Å². The van der Waals surface area contributed by atoms with Crippen LogP contribution >= 0.6 is 11.6 Å². The predicted molar refractivity (Wildman–Crippen MR) is 93.2 cm³/mol. The molecule has 0 spiro atoms. The van der Waals surface area contributed by atoms with Crippen LogP contribution in [0.25, 0.3) is 10.8 Å². The van der Waals surface area contributed by atoms with Gasteiger partial charge in [-0.15, -0.1) is 0 Å². The predicted octanol–water partition coefficient (Wildman–Crippen LogP) is 4.20. The second-order valence-electron chi connectivity index (χ2n) is 5.54. The van der Waals surface area contributed by atoms with Gasteiger partial charge in [-0.25, -0.2) is 4.90 Å². The van der Waals surface area contributed by atoms with Gasteiger partial charge in [-0.05, 0) is 36.4 Å². The summed E-state index contributed by atoms with van der Waals surface area (Å²) in [4.78, 5) is 37.5. The van der Waals surface area contributed by atoms with Crippen LogP contribution in [0.5, 0.6) is 0 Å². The van der Waals surface area contributed by atoms with E-state index in [9.17, 15) is 19.7 Å². The van der Waals surface area contributed by atoms with E-state index in [1.54, 1.807) is 30.3 Å². The number of carbonyl (C=O) groups is 2. The second-order valence-corrected chi connectivity index (χ2v) is 5.98. The van der Waals surface area contributed by atoms with Crippen LogP contribution in [-0.2, 0) is 0 Å². The second kappa shape index (κ2) is 5.39. The summed E-state index contributed by atoms with van der Waals surface area (Å²) in [5.74, 6) is -1.07. The number of amides is 2. The molecule has 0 N–H and O–H groups in total. The number of hydrogen-bond donors (Lipinski definition) is 0. The number of hydrogen-bond acceptors (Lipinski definition) is 4. The van der Waals surface area contributed by atoms with Crippen LogP contribution in [0, 0.1) is 10.1 Å².